The predicted octanol–water partition coefficient (Wildman–Crippen LogP) is 5.25. The first kappa shape index (κ1) is 23.5. The van der Waals surface area contributed by atoms with Crippen LogP contribution in [-0.2, 0) is 16.1 Å². The van der Waals surface area contributed by atoms with Crippen LogP contribution in [0.15, 0.2) is 65.4 Å². The second kappa shape index (κ2) is 10.9. The Labute approximate surface area is 196 Å². The Morgan fingerprint density at radius 3 is 2.47 bits per heavy atom. The first-order valence-corrected chi connectivity index (χ1v) is 11.0. The molecule has 0 aliphatic rings. The zero-order valence-corrected chi connectivity index (χ0v) is 19.9. The van der Waals surface area contributed by atoms with Crippen molar-refractivity contribution in [3.8, 4) is 5.75 Å². The van der Waals surface area contributed by atoms with Gasteiger partial charge in [-0.25, -0.2) is 4.79 Å². The Kier molecular flexibility index (Phi) is 8.00. The van der Waals surface area contributed by atoms with Gasteiger partial charge in [-0.15, -0.1) is 0 Å². The number of pyridine rings is 1. The summed E-state index contributed by atoms with van der Waals surface area (Å²) in [5.41, 5.74) is 4.01. The van der Waals surface area contributed by atoms with Gasteiger partial charge in [0.1, 0.15) is 5.75 Å². The largest absolute Gasteiger partial charge is 0.482 e. The topological polar surface area (TPSA) is 68.7 Å². The Bertz CT molecular complexity index is 1060. The van der Waals surface area contributed by atoms with Gasteiger partial charge >= 0.3 is 5.97 Å². The molecule has 3 rings (SSSR count). The number of anilines is 1. The minimum absolute atomic E-state index is 0.137. The number of aromatic nitrogens is 1. The molecule has 3 aromatic rings. The lowest BCUT2D eigenvalue weighted by Crippen LogP contribution is -2.34. The van der Waals surface area contributed by atoms with Gasteiger partial charge < -0.3 is 14.4 Å². The standard InChI is InChI=1S/C25H25BrN2O4/c1-4-31-25(30)20-7-9-21(10-8-20)28(15-19-6-5-11-27-14-19)23(29)16-32-24-18(3)12-17(2)13-22(24)26/h5-14H,4,15-16H2,1-3H3. The van der Waals surface area contributed by atoms with Crippen LogP contribution >= 0.6 is 15.9 Å². The maximum Gasteiger partial charge on any atom is 0.338 e. The number of carbonyl (C=O) groups is 2. The summed E-state index contributed by atoms with van der Waals surface area (Å²) in [5.74, 6) is 0.0276. The smallest absolute Gasteiger partial charge is 0.338 e. The van der Waals surface area contributed by atoms with Crippen molar-refractivity contribution in [2.45, 2.75) is 27.3 Å². The average molecular weight is 497 g/mol. The van der Waals surface area contributed by atoms with Crippen LogP contribution in [0.4, 0.5) is 5.69 Å². The molecule has 0 radical (unpaired) electrons. The molecule has 0 saturated carbocycles. The minimum Gasteiger partial charge on any atom is -0.482 e. The van der Waals surface area contributed by atoms with Crippen molar-refractivity contribution in [3.63, 3.8) is 0 Å². The van der Waals surface area contributed by atoms with E-state index in [-0.39, 0.29) is 12.5 Å². The number of esters is 1. The maximum atomic E-state index is 13.2. The molecule has 32 heavy (non-hydrogen) atoms. The van der Waals surface area contributed by atoms with Crippen molar-refractivity contribution >= 4 is 33.5 Å². The van der Waals surface area contributed by atoms with Gasteiger partial charge in [0.15, 0.2) is 6.61 Å². The first-order valence-electron chi connectivity index (χ1n) is 10.2. The highest BCUT2D eigenvalue weighted by Crippen LogP contribution is 2.30. The summed E-state index contributed by atoms with van der Waals surface area (Å²) in [4.78, 5) is 30.9. The molecule has 0 bridgehead atoms. The number of ether oxygens (including phenoxy) is 2. The molecule has 0 unspecified atom stereocenters. The van der Waals surface area contributed by atoms with Crippen molar-refractivity contribution in [2.24, 2.45) is 0 Å². The Hall–Kier alpha value is -3.19. The van der Waals surface area contributed by atoms with Gasteiger partial charge in [0, 0.05) is 18.1 Å². The highest BCUT2D eigenvalue weighted by molar-refractivity contribution is 9.10. The Morgan fingerprint density at radius 2 is 1.84 bits per heavy atom. The normalized spacial score (nSPS) is 10.5. The summed E-state index contributed by atoms with van der Waals surface area (Å²) in [6, 6.07) is 14.4. The van der Waals surface area contributed by atoms with E-state index < -0.39 is 5.97 Å². The third-order valence-electron chi connectivity index (χ3n) is 4.77. The van der Waals surface area contributed by atoms with E-state index in [2.05, 4.69) is 20.9 Å². The minimum atomic E-state index is -0.396. The van der Waals surface area contributed by atoms with Crippen LogP contribution in [0.1, 0.15) is 34.0 Å². The van der Waals surface area contributed by atoms with E-state index in [1.807, 2.05) is 38.1 Å². The van der Waals surface area contributed by atoms with Crippen LogP contribution in [0, 0.1) is 13.8 Å². The van der Waals surface area contributed by atoms with Crippen LogP contribution < -0.4 is 9.64 Å². The quantitative estimate of drug-likeness (QED) is 0.398. The number of halogens is 1. The number of carbonyl (C=O) groups excluding carboxylic acids is 2. The van der Waals surface area contributed by atoms with Gasteiger partial charge in [-0.2, -0.15) is 0 Å². The fraction of sp³-hybridized carbons (Fsp3) is 0.240. The van der Waals surface area contributed by atoms with Crippen molar-refractivity contribution in [1.29, 1.82) is 0 Å². The molecule has 0 fully saturated rings. The van der Waals surface area contributed by atoms with E-state index in [1.165, 1.54) is 0 Å². The highest BCUT2D eigenvalue weighted by Gasteiger charge is 2.19. The number of hydrogen-bond donors (Lipinski definition) is 0. The molecule has 0 saturated heterocycles. The molecule has 0 aliphatic carbocycles. The fourth-order valence-corrected chi connectivity index (χ4v) is 4.07. The van der Waals surface area contributed by atoms with E-state index in [0.717, 1.165) is 21.2 Å². The zero-order valence-electron chi connectivity index (χ0n) is 18.3. The molecule has 1 heterocycles. The summed E-state index contributed by atoms with van der Waals surface area (Å²) in [5, 5.41) is 0. The third kappa shape index (κ3) is 5.95. The number of nitrogens with zero attached hydrogens (tertiary/aromatic N) is 2. The third-order valence-corrected chi connectivity index (χ3v) is 5.36. The summed E-state index contributed by atoms with van der Waals surface area (Å²) < 4.78 is 11.7. The molecule has 0 atom stereocenters. The van der Waals surface area contributed by atoms with Crippen LogP contribution in [0.25, 0.3) is 0 Å². The van der Waals surface area contributed by atoms with E-state index in [4.69, 9.17) is 9.47 Å². The number of rotatable bonds is 8. The van der Waals surface area contributed by atoms with Crippen LogP contribution in [0.2, 0.25) is 0 Å². The van der Waals surface area contributed by atoms with E-state index in [9.17, 15) is 9.59 Å². The highest BCUT2D eigenvalue weighted by atomic mass is 79.9. The number of amides is 1. The molecule has 0 aliphatic heterocycles. The predicted molar refractivity (Wildman–Crippen MR) is 127 cm³/mol. The first-order chi connectivity index (χ1) is 15.4. The fourth-order valence-electron chi connectivity index (χ4n) is 3.29. The monoisotopic (exact) mass is 496 g/mol. The molecular weight excluding hydrogens is 472 g/mol. The SMILES string of the molecule is CCOC(=O)c1ccc(N(Cc2cccnc2)C(=O)COc2c(C)cc(C)cc2Br)cc1. The lowest BCUT2D eigenvalue weighted by molar-refractivity contribution is -0.120. The molecular formula is C25H25BrN2O4. The average Bonchev–Trinajstić information content (AvgIpc) is 2.77. The molecule has 1 aromatic heterocycles. The second-order valence-corrected chi connectivity index (χ2v) is 8.14. The maximum absolute atomic E-state index is 13.2. The van der Waals surface area contributed by atoms with Crippen molar-refractivity contribution in [1.82, 2.24) is 4.98 Å². The molecule has 166 valence electrons. The van der Waals surface area contributed by atoms with Crippen molar-refractivity contribution in [2.75, 3.05) is 18.1 Å². The number of benzene rings is 2. The van der Waals surface area contributed by atoms with Crippen molar-refractivity contribution in [3.05, 3.63) is 87.7 Å². The van der Waals surface area contributed by atoms with E-state index >= 15 is 0 Å². The summed E-state index contributed by atoms with van der Waals surface area (Å²) >= 11 is 3.52. The lowest BCUT2D eigenvalue weighted by atomic mass is 10.1. The number of aryl methyl sites for hydroxylation is 2. The van der Waals surface area contributed by atoms with Crippen LogP contribution in [-0.4, -0.2) is 30.1 Å². The van der Waals surface area contributed by atoms with Gasteiger partial charge in [0.25, 0.3) is 5.91 Å². The molecule has 0 N–H and O–H groups in total. The molecule has 7 heteroatoms. The summed E-state index contributed by atoms with van der Waals surface area (Å²) in [7, 11) is 0. The zero-order chi connectivity index (χ0) is 23.1. The second-order valence-electron chi connectivity index (χ2n) is 7.29. The van der Waals surface area contributed by atoms with E-state index in [1.54, 1.807) is 48.5 Å². The molecule has 0 spiro atoms. The number of hydrogen-bond acceptors (Lipinski definition) is 5. The van der Waals surface area contributed by atoms with Crippen molar-refractivity contribution < 1.29 is 19.1 Å². The summed E-state index contributed by atoms with van der Waals surface area (Å²) in [6.45, 7) is 6.19. The Balaban J connectivity index is 1.82. The van der Waals surface area contributed by atoms with Crippen LogP contribution in [0.5, 0.6) is 5.75 Å². The molecule has 6 nitrogen and oxygen atoms in total. The lowest BCUT2D eigenvalue weighted by Gasteiger charge is -2.24. The van der Waals surface area contributed by atoms with E-state index in [0.29, 0.717) is 30.2 Å². The molecule has 2 aromatic carbocycles. The summed E-state index contributed by atoms with van der Waals surface area (Å²) in [6.07, 6.45) is 3.40. The van der Waals surface area contributed by atoms with Crippen LogP contribution in [0.3, 0.4) is 0 Å². The Morgan fingerprint density at radius 1 is 1.09 bits per heavy atom. The van der Waals surface area contributed by atoms with Gasteiger partial charge in [-0.3, -0.25) is 9.78 Å². The molecule has 1 amide bonds. The van der Waals surface area contributed by atoms with Gasteiger partial charge in [0.2, 0.25) is 0 Å². The van der Waals surface area contributed by atoms with Gasteiger partial charge in [0.05, 0.1) is 23.2 Å². The van der Waals surface area contributed by atoms with Gasteiger partial charge in [-0.1, -0.05) is 12.1 Å². The van der Waals surface area contributed by atoms with Gasteiger partial charge in [-0.05, 0) is 89.8 Å².